The third-order valence-corrected chi connectivity index (χ3v) is 2.20. The van der Waals surface area contributed by atoms with E-state index in [1.54, 1.807) is 0 Å². The van der Waals surface area contributed by atoms with Crippen molar-refractivity contribution in [2.45, 2.75) is 0 Å². The lowest BCUT2D eigenvalue weighted by atomic mass is 9.90. The van der Waals surface area contributed by atoms with Gasteiger partial charge in [0, 0.05) is 14.2 Å². The maximum Gasteiger partial charge on any atom is 0.194 e. The molecule has 1 aliphatic rings. The summed E-state index contributed by atoms with van der Waals surface area (Å²) in [5, 5.41) is 0. The van der Waals surface area contributed by atoms with Crippen molar-refractivity contribution in [3.63, 3.8) is 0 Å². The van der Waals surface area contributed by atoms with E-state index in [1.165, 1.54) is 14.2 Å². The zero-order valence-electron chi connectivity index (χ0n) is 8.24. The van der Waals surface area contributed by atoms with Gasteiger partial charge in [0.05, 0.1) is 13.2 Å². The highest BCUT2D eigenvalue weighted by Crippen LogP contribution is 2.49. The molecule has 0 saturated carbocycles. The van der Waals surface area contributed by atoms with Crippen molar-refractivity contribution in [2.24, 2.45) is 5.41 Å². The van der Waals surface area contributed by atoms with Crippen LogP contribution in [0.4, 0.5) is 17.6 Å². The summed E-state index contributed by atoms with van der Waals surface area (Å²) >= 11 is 0. The van der Waals surface area contributed by atoms with Crippen LogP contribution in [0.3, 0.4) is 0 Å². The van der Waals surface area contributed by atoms with Gasteiger partial charge < -0.3 is 9.47 Å². The van der Waals surface area contributed by atoms with Crippen LogP contribution >= 0.6 is 0 Å². The predicted molar refractivity (Wildman–Crippen MR) is 44.7 cm³/mol. The number of halogens is 4. The van der Waals surface area contributed by atoms with Gasteiger partial charge >= 0.3 is 0 Å². The monoisotopic (exact) mass is 226 g/mol. The van der Waals surface area contributed by atoms with Gasteiger partial charge in [-0.3, -0.25) is 0 Å². The Kier molecular flexibility index (Phi) is 3.51. The number of hydrogen-bond acceptors (Lipinski definition) is 2. The second kappa shape index (κ2) is 4.32. The summed E-state index contributed by atoms with van der Waals surface area (Å²) in [5.41, 5.74) is -2.11. The molecule has 0 atom stereocenters. The SMILES string of the molecule is COCC1(COC)C(F)=C(F)C(F)=C1F. The highest BCUT2D eigenvalue weighted by atomic mass is 19.2. The molecule has 1 rings (SSSR count). The van der Waals surface area contributed by atoms with Gasteiger partial charge in [0.15, 0.2) is 23.3 Å². The molecule has 0 aliphatic heterocycles. The van der Waals surface area contributed by atoms with E-state index in [2.05, 4.69) is 9.47 Å². The normalized spacial score (nSPS) is 20.4. The Morgan fingerprint density at radius 2 is 1.20 bits per heavy atom. The molecule has 0 fully saturated rings. The number of hydrogen-bond donors (Lipinski definition) is 0. The van der Waals surface area contributed by atoms with E-state index in [4.69, 9.17) is 0 Å². The highest BCUT2D eigenvalue weighted by molar-refractivity contribution is 5.42. The maximum atomic E-state index is 13.3. The molecule has 0 aromatic heterocycles. The van der Waals surface area contributed by atoms with E-state index in [9.17, 15) is 17.6 Å². The van der Waals surface area contributed by atoms with Gasteiger partial charge in [-0.15, -0.1) is 0 Å². The molecule has 6 heteroatoms. The third kappa shape index (κ3) is 1.68. The summed E-state index contributed by atoms with van der Waals surface area (Å²) in [6.45, 7) is -1.06. The van der Waals surface area contributed by atoms with Crippen LogP contribution in [-0.4, -0.2) is 27.4 Å². The predicted octanol–water partition coefficient (Wildman–Crippen LogP) is 2.58. The Morgan fingerprint density at radius 3 is 1.47 bits per heavy atom. The Bertz CT molecular complexity index is 290. The Morgan fingerprint density at radius 1 is 0.867 bits per heavy atom. The van der Waals surface area contributed by atoms with Crippen LogP contribution in [0, 0.1) is 5.41 Å². The molecule has 0 heterocycles. The highest BCUT2D eigenvalue weighted by Gasteiger charge is 2.51. The van der Waals surface area contributed by atoms with Crippen LogP contribution in [0.25, 0.3) is 0 Å². The minimum absolute atomic E-state index is 0.528. The first-order chi connectivity index (χ1) is 7.01. The van der Waals surface area contributed by atoms with Crippen molar-refractivity contribution in [1.29, 1.82) is 0 Å². The summed E-state index contributed by atoms with van der Waals surface area (Å²) < 4.78 is 61.4. The second-order valence-corrected chi connectivity index (χ2v) is 3.20. The largest absolute Gasteiger partial charge is 0.383 e. The smallest absolute Gasteiger partial charge is 0.194 e. The first-order valence-corrected chi connectivity index (χ1v) is 4.11. The van der Waals surface area contributed by atoms with Crippen LogP contribution in [0.5, 0.6) is 0 Å². The van der Waals surface area contributed by atoms with Gasteiger partial charge in [0.25, 0.3) is 0 Å². The zero-order valence-corrected chi connectivity index (χ0v) is 8.24. The van der Waals surface area contributed by atoms with Crippen LogP contribution in [-0.2, 0) is 9.47 Å². The summed E-state index contributed by atoms with van der Waals surface area (Å²) in [7, 11) is 2.35. The topological polar surface area (TPSA) is 18.5 Å². The van der Waals surface area contributed by atoms with Crippen LogP contribution in [0.2, 0.25) is 0 Å². The van der Waals surface area contributed by atoms with Crippen LogP contribution in [0.1, 0.15) is 0 Å². The molecule has 0 N–H and O–H groups in total. The van der Waals surface area contributed by atoms with E-state index < -0.39 is 41.9 Å². The maximum absolute atomic E-state index is 13.3. The van der Waals surface area contributed by atoms with Gasteiger partial charge in [0.1, 0.15) is 5.41 Å². The minimum Gasteiger partial charge on any atom is -0.383 e. The fraction of sp³-hybridized carbons (Fsp3) is 0.556. The van der Waals surface area contributed by atoms with Crippen molar-refractivity contribution in [2.75, 3.05) is 27.4 Å². The molecule has 0 aromatic rings. The van der Waals surface area contributed by atoms with Gasteiger partial charge in [0.2, 0.25) is 0 Å². The third-order valence-electron chi connectivity index (χ3n) is 2.20. The van der Waals surface area contributed by atoms with Crippen molar-refractivity contribution in [1.82, 2.24) is 0 Å². The average molecular weight is 226 g/mol. The molecule has 1 aliphatic carbocycles. The Balaban J connectivity index is 3.19. The molecular weight excluding hydrogens is 216 g/mol. The average Bonchev–Trinajstić information content (AvgIpc) is 2.36. The summed E-state index contributed by atoms with van der Waals surface area (Å²) in [5.74, 6) is -6.69. The van der Waals surface area contributed by atoms with E-state index in [-0.39, 0.29) is 0 Å². The first kappa shape index (κ1) is 12.2. The van der Waals surface area contributed by atoms with Gasteiger partial charge in [-0.2, -0.15) is 0 Å². The van der Waals surface area contributed by atoms with E-state index in [0.29, 0.717) is 0 Å². The van der Waals surface area contributed by atoms with Crippen molar-refractivity contribution < 1.29 is 27.0 Å². The lowest BCUT2D eigenvalue weighted by molar-refractivity contribution is 0.0308. The molecule has 86 valence electrons. The Labute approximate surface area is 84.2 Å². The van der Waals surface area contributed by atoms with Crippen molar-refractivity contribution in [3.8, 4) is 0 Å². The van der Waals surface area contributed by atoms with Gasteiger partial charge in [-0.1, -0.05) is 0 Å². The van der Waals surface area contributed by atoms with Crippen molar-refractivity contribution >= 4 is 0 Å². The quantitative estimate of drug-likeness (QED) is 0.686. The molecular formula is C9H10F4O2. The number of allylic oxidation sites excluding steroid dienone is 2. The molecule has 0 unspecified atom stereocenters. The van der Waals surface area contributed by atoms with E-state index in [1.807, 2.05) is 0 Å². The standard InChI is InChI=1S/C9H10F4O2/c1-14-3-9(4-15-2)7(12)5(10)6(11)8(9)13/h3-4H2,1-2H3. The van der Waals surface area contributed by atoms with Crippen LogP contribution < -0.4 is 0 Å². The molecule has 0 saturated heterocycles. The first-order valence-electron chi connectivity index (χ1n) is 4.11. The molecule has 0 radical (unpaired) electrons. The minimum atomic E-state index is -2.11. The number of rotatable bonds is 4. The van der Waals surface area contributed by atoms with Gasteiger partial charge in [-0.25, -0.2) is 17.6 Å². The van der Waals surface area contributed by atoms with E-state index >= 15 is 0 Å². The molecule has 15 heavy (non-hydrogen) atoms. The lowest BCUT2D eigenvalue weighted by Crippen LogP contribution is -2.32. The molecule has 0 aromatic carbocycles. The summed E-state index contributed by atoms with van der Waals surface area (Å²) in [4.78, 5) is 0. The lowest BCUT2D eigenvalue weighted by Gasteiger charge is -2.25. The number of methoxy groups -OCH3 is 2. The fourth-order valence-electron chi connectivity index (χ4n) is 1.50. The molecule has 0 amide bonds. The zero-order chi connectivity index (χ0) is 11.6. The molecule has 0 bridgehead atoms. The Hall–Kier alpha value is -0.880. The summed E-state index contributed by atoms with van der Waals surface area (Å²) in [6.07, 6.45) is 0. The molecule has 0 spiro atoms. The molecule has 2 nitrogen and oxygen atoms in total. The van der Waals surface area contributed by atoms with Gasteiger partial charge in [-0.05, 0) is 0 Å². The summed E-state index contributed by atoms with van der Waals surface area (Å²) in [6, 6.07) is 0. The van der Waals surface area contributed by atoms with E-state index in [0.717, 1.165) is 0 Å². The second-order valence-electron chi connectivity index (χ2n) is 3.20. The van der Waals surface area contributed by atoms with Crippen LogP contribution in [0.15, 0.2) is 23.3 Å². The van der Waals surface area contributed by atoms with Crippen molar-refractivity contribution in [3.05, 3.63) is 23.3 Å². The fourth-order valence-corrected chi connectivity index (χ4v) is 1.50. The number of ether oxygens (including phenoxy) is 2.